The number of terminal acetylenes is 1. The topological polar surface area (TPSA) is 71.2 Å². The standard InChI is InChI=1S/C24H21F3N4OS/c1-3-24(2,14-4-6-15(25)7-5-14)20-13-33-23(29-20)30-22(32)21-18(26)10-17(11-19(21)27)31-9-8-16(28)12-31/h1,4-7,10-11,13,16H,8-9,12,28H2,2H3,(H,29,30,32). The van der Waals surface area contributed by atoms with Crippen LogP contribution in [-0.4, -0.2) is 30.0 Å². The second-order valence-electron chi connectivity index (χ2n) is 8.05. The van der Waals surface area contributed by atoms with Crippen LogP contribution < -0.4 is 16.0 Å². The molecule has 3 aromatic rings. The molecule has 2 aromatic carbocycles. The minimum Gasteiger partial charge on any atom is -0.370 e. The van der Waals surface area contributed by atoms with Crippen LogP contribution in [0.5, 0.6) is 0 Å². The number of nitrogens with two attached hydrogens (primary N) is 1. The average Bonchev–Trinajstić information content (AvgIpc) is 3.42. The normalized spacial score (nSPS) is 17.5. The molecule has 33 heavy (non-hydrogen) atoms. The maximum Gasteiger partial charge on any atom is 0.263 e. The molecule has 0 bridgehead atoms. The number of thiazole rings is 1. The van der Waals surface area contributed by atoms with Gasteiger partial charge in [-0.3, -0.25) is 10.1 Å². The first kappa shape index (κ1) is 22.8. The summed E-state index contributed by atoms with van der Waals surface area (Å²) in [7, 11) is 0. The van der Waals surface area contributed by atoms with E-state index in [9.17, 15) is 18.0 Å². The second kappa shape index (κ2) is 8.89. The van der Waals surface area contributed by atoms with Gasteiger partial charge in [-0.25, -0.2) is 18.2 Å². The van der Waals surface area contributed by atoms with Crippen molar-refractivity contribution in [3.8, 4) is 12.3 Å². The third-order valence-electron chi connectivity index (χ3n) is 5.79. The fourth-order valence-electron chi connectivity index (χ4n) is 3.79. The molecule has 1 fully saturated rings. The number of carbonyl (C=O) groups is 1. The number of carbonyl (C=O) groups excluding carboxylic acids is 1. The van der Waals surface area contributed by atoms with Crippen molar-refractivity contribution in [1.29, 1.82) is 0 Å². The number of rotatable bonds is 5. The highest BCUT2D eigenvalue weighted by molar-refractivity contribution is 7.14. The van der Waals surface area contributed by atoms with Crippen molar-refractivity contribution < 1.29 is 18.0 Å². The van der Waals surface area contributed by atoms with E-state index < -0.39 is 34.3 Å². The Morgan fingerprint density at radius 1 is 1.27 bits per heavy atom. The lowest BCUT2D eigenvalue weighted by Gasteiger charge is -2.22. The number of nitrogens with one attached hydrogen (secondary N) is 1. The van der Waals surface area contributed by atoms with Gasteiger partial charge in [0.2, 0.25) is 0 Å². The molecule has 2 heterocycles. The Labute approximate surface area is 193 Å². The summed E-state index contributed by atoms with van der Waals surface area (Å²) in [4.78, 5) is 18.8. The Bertz CT molecular complexity index is 1210. The summed E-state index contributed by atoms with van der Waals surface area (Å²) in [5.41, 5.74) is 5.61. The number of aromatic nitrogens is 1. The lowest BCUT2D eigenvalue weighted by Crippen LogP contribution is -2.26. The van der Waals surface area contributed by atoms with E-state index in [0.717, 1.165) is 29.9 Å². The molecule has 1 amide bonds. The molecule has 0 saturated carbocycles. The van der Waals surface area contributed by atoms with E-state index in [1.165, 1.54) is 12.1 Å². The molecular formula is C24H21F3N4OS. The number of hydrogen-bond donors (Lipinski definition) is 2. The molecule has 4 rings (SSSR count). The van der Waals surface area contributed by atoms with Gasteiger partial charge in [0.25, 0.3) is 5.91 Å². The zero-order valence-corrected chi connectivity index (χ0v) is 18.6. The first-order chi connectivity index (χ1) is 15.7. The Balaban J connectivity index is 1.55. The molecule has 1 aliphatic heterocycles. The lowest BCUT2D eigenvalue weighted by atomic mass is 9.81. The van der Waals surface area contributed by atoms with Crippen LogP contribution in [0, 0.1) is 29.8 Å². The van der Waals surface area contributed by atoms with Gasteiger partial charge >= 0.3 is 0 Å². The molecule has 9 heteroatoms. The van der Waals surface area contributed by atoms with Crippen LogP contribution in [0.15, 0.2) is 41.8 Å². The van der Waals surface area contributed by atoms with Crippen molar-refractivity contribution in [2.24, 2.45) is 5.73 Å². The molecule has 1 saturated heterocycles. The Kier molecular flexibility index (Phi) is 6.15. The Hall–Kier alpha value is -3.35. The van der Waals surface area contributed by atoms with E-state index in [1.54, 1.807) is 29.3 Å². The van der Waals surface area contributed by atoms with Crippen molar-refractivity contribution in [1.82, 2.24) is 4.98 Å². The SMILES string of the molecule is C#CC(C)(c1ccc(F)cc1)c1csc(NC(=O)c2c(F)cc(N3CCC(N)C3)cc2F)n1. The summed E-state index contributed by atoms with van der Waals surface area (Å²) in [5.74, 6) is -0.642. The van der Waals surface area contributed by atoms with E-state index in [4.69, 9.17) is 12.2 Å². The highest BCUT2D eigenvalue weighted by atomic mass is 32.1. The first-order valence-corrected chi connectivity index (χ1v) is 11.1. The Morgan fingerprint density at radius 2 is 1.94 bits per heavy atom. The zero-order valence-electron chi connectivity index (χ0n) is 17.7. The summed E-state index contributed by atoms with van der Waals surface area (Å²) < 4.78 is 42.7. The van der Waals surface area contributed by atoms with Crippen molar-refractivity contribution >= 4 is 28.1 Å². The summed E-state index contributed by atoms with van der Waals surface area (Å²) in [5, 5.41) is 4.21. The van der Waals surface area contributed by atoms with Gasteiger partial charge < -0.3 is 10.6 Å². The second-order valence-corrected chi connectivity index (χ2v) is 8.91. The minimum absolute atomic E-state index is 0.0539. The van der Waals surface area contributed by atoms with E-state index in [1.807, 2.05) is 0 Å². The van der Waals surface area contributed by atoms with Crippen molar-refractivity contribution in [3.05, 3.63) is 76.1 Å². The van der Waals surface area contributed by atoms with Crippen molar-refractivity contribution in [2.45, 2.75) is 24.8 Å². The summed E-state index contributed by atoms with van der Waals surface area (Å²) in [6.07, 6.45) is 6.48. The largest absolute Gasteiger partial charge is 0.370 e. The number of nitrogens with zero attached hydrogens (tertiary/aromatic N) is 2. The predicted molar refractivity (Wildman–Crippen MR) is 123 cm³/mol. The monoisotopic (exact) mass is 470 g/mol. The zero-order chi connectivity index (χ0) is 23.8. The van der Waals surface area contributed by atoms with Gasteiger partial charge in [0.05, 0.1) is 11.1 Å². The van der Waals surface area contributed by atoms with Crippen molar-refractivity contribution in [3.63, 3.8) is 0 Å². The molecule has 1 aliphatic rings. The molecule has 0 radical (unpaired) electrons. The molecule has 5 nitrogen and oxygen atoms in total. The molecule has 3 N–H and O–H groups in total. The Morgan fingerprint density at radius 3 is 2.52 bits per heavy atom. The molecule has 170 valence electrons. The van der Waals surface area contributed by atoms with Crippen LogP contribution >= 0.6 is 11.3 Å². The van der Waals surface area contributed by atoms with Gasteiger partial charge in [0, 0.05) is 30.2 Å². The number of halogens is 3. The van der Waals surface area contributed by atoms with Crippen LogP contribution in [0.1, 0.15) is 35.0 Å². The third kappa shape index (κ3) is 4.45. The van der Waals surface area contributed by atoms with Gasteiger partial charge in [-0.15, -0.1) is 17.8 Å². The highest BCUT2D eigenvalue weighted by Crippen LogP contribution is 2.34. The number of amides is 1. The van der Waals surface area contributed by atoms with Gasteiger partial charge in [0.15, 0.2) is 5.13 Å². The molecule has 1 aromatic heterocycles. The molecule has 2 unspecified atom stereocenters. The van der Waals surface area contributed by atoms with E-state index in [0.29, 0.717) is 30.0 Å². The number of benzene rings is 2. The van der Waals surface area contributed by atoms with E-state index in [-0.39, 0.29) is 11.2 Å². The fourth-order valence-corrected chi connectivity index (χ4v) is 4.60. The molecular weight excluding hydrogens is 449 g/mol. The van der Waals surface area contributed by atoms with Gasteiger partial charge in [0.1, 0.15) is 23.0 Å². The molecule has 0 aliphatic carbocycles. The van der Waals surface area contributed by atoms with E-state index >= 15 is 0 Å². The summed E-state index contributed by atoms with van der Waals surface area (Å²) in [6.45, 7) is 2.83. The highest BCUT2D eigenvalue weighted by Gasteiger charge is 2.30. The third-order valence-corrected chi connectivity index (χ3v) is 6.55. The first-order valence-electron chi connectivity index (χ1n) is 10.2. The fraction of sp³-hybridized carbons (Fsp3) is 0.250. The smallest absolute Gasteiger partial charge is 0.263 e. The van der Waals surface area contributed by atoms with Crippen LogP contribution in [0.2, 0.25) is 0 Å². The lowest BCUT2D eigenvalue weighted by molar-refractivity contribution is 0.101. The average molecular weight is 471 g/mol. The number of anilines is 2. The predicted octanol–water partition coefficient (Wildman–Crippen LogP) is 4.29. The van der Waals surface area contributed by atoms with Gasteiger partial charge in [-0.2, -0.15) is 0 Å². The van der Waals surface area contributed by atoms with Crippen LogP contribution in [-0.2, 0) is 5.41 Å². The maximum atomic E-state index is 14.7. The van der Waals surface area contributed by atoms with Crippen molar-refractivity contribution in [2.75, 3.05) is 23.3 Å². The minimum atomic E-state index is -0.984. The van der Waals surface area contributed by atoms with Gasteiger partial charge in [-0.1, -0.05) is 18.1 Å². The van der Waals surface area contributed by atoms with E-state index in [2.05, 4.69) is 16.2 Å². The quantitative estimate of drug-likeness (QED) is 0.546. The van der Waals surface area contributed by atoms with Gasteiger partial charge in [-0.05, 0) is 43.2 Å². The van der Waals surface area contributed by atoms with Crippen LogP contribution in [0.4, 0.5) is 24.0 Å². The summed E-state index contributed by atoms with van der Waals surface area (Å²) >= 11 is 1.07. The number of hydrogen-bond acceptors (Lipinski definition) is 5. The van der Waals surface area contributed by atoms with Crippen LogP contribution in [0.3, 0.4) is 0 Å². The summed E-state index contributed by atoms with van der Waals surface area (Å²) in [6, 6.07) is 7.93. The molecule has 0 spiro atoms. The molecule has 2 atom stereocenters. The maximum absolute atomic E-state index is 14.7. The van der Waals surface area contributed by atoms with Crippen LogP contribution in [0.25, 0.3) is 0 Å².